The van der Waals surface area contributed by atoms with Crippen molar-refractivity contribution in [1.82, 2.24) is 0 Å². The van der Waals surface area contributed by atoms with Gasteiger partial charge in [-0.1, -0.05) is 43.3 Å². The average molecular weight is 504 g/mol. The highest BCUT2D eigenvalue weighted by Crippen LogP contribution is 2.42. The molecule has 190 valence electrons. The van der Waals surface area contributed by atoms with Gasteiger partial charge >= 0.3 is 5.97 Å². The molecule has 1 saturated heterocycles. The molecular weight excluding hydrogens is 470 g/mol. The molecule has 2 aromatic rings. The van der Waals surface area contributed by atoms with E-state index in [1.807, 2.05) is 36.4 Å². The Labute approximate surface area is 209 Å². The third-order valence-electron chi connectivity index (χ3n) is 5.88. The summed E-state index contributed by atoms with van der Waals surface area (Å²) in [7, 11) is 0. The zero-order valence-corrected chi connectivity index (χ0v) is 20.6. The molecule has 0 aliphatic carbocycles. The van der Waals surface area contributed by atoms with E-state index in [1.54, 1.807) is 23.9 Å². The molecule has 3 rings (SSSR count). The number of thioether (sulfide) groups is 1. The first-order chi connectivity index (χ1) is 16.9. The van der Waals surface area contributed by atoms with Gasteiger partial charge in [0.15, 0.2) is 6.29 Å². The van der Waals surface area contributed by atoms with Gasteiger partial charge in [-0.15, -0.1) is 0 Å². The van der Waals surface area contributed by atoms with Gasteiger partial charge in [0.25, 0.3) is 0 Å². The van der Waals surface area contributed by atoms with E-state index in [2.05, 4.69) is 12.2 Å². The molecule has 9 heteroatoms. The minimum Gasteiger partial charge on any atom is -0.481 e. The minimum absolute atomic E-state index is 0.0255. The van der Waals surface area contributed by atoms with Crippen LogP contribution in [0.2, 0.25) is 0 Å². The van der Waals surface area contributed by atoms with Gasteiger partial charge in [-0.05, 0) is 29.7 Å². The average Bonchev–Trinajstić information content (AvgIpc) is 2.85. The van der Waals surface area contributed by atoms with E-state index in [4.69, 9.17) is 14.6 Å². The second kappa shape index (κ2) is 13.6. The SMILES string of the molecule is CC1C(CSCCO)OC(c2cccc(NC(=O)CCCC(=O)O)c2)OC1c1ccc(CO)cc1. The van der Waals surface area contributed by atoms with Gasteiger partial charge in [0.05, 0.1) is 25.4 Å². The summed E-state index contributed by atoms with van der Waals surface area (Å²) < 4.78 is 12.7. The molecule has 8 nitrogen and oxygen atoms in total. The van der Waals surface area contributed by atoms with Crippen molar-refractivity contribution in [2.75, 3.05) is 23.4 Å². The van der Waals surface area contributed by atoms with Crippen LogP contribution < -0.4 is 5.32 Å². The summed E-state index contributed by atoms with van der Waals surface area (Å²) in [6, 6.07) is 14.9. The minimum atomic E-state index is -0.923. The first-order valence-corrected chi connectivity index (χ1v) is 12.9. The molecule has 35 heavy (non-hydrogen) atoms. The van der Waals surface area contributed by atoms with Crippen LogP contribution in [-0.2, 0) is 25.7 Å². The van der Waals surface area contributed by atoms with E-state index in [0.717, 1.165) is 16.7 Å². The topological polar surface area (TPSA) is 125 Å². The number of hydrogen-bond acceptors (Lipinski definition) is 7. The number of carboxylic acids is 1. The summed E-state index contributed by atoms with van der Waals surface area (Å²) in [6.45, 7) is 2.16. The number of aliphatic hydroxyl groups excluding tert-OH is 2. The van der Waals surface area contributed by atoms with Crippen molar-refractivity contribution in [3.8, 4) is 0 Å². The highest BCUT2D eigenvalue weighted by atomic mass is 32.2. The maximum atomic E-state index is 12.2. The molecule has 4 atom stereocenters. The largest absolute Gasteiger partial charge is 0.481 e. The van der Waals surface area contributed by atoms with Crippen LogP contribution in [0.15, 0.2) is 48.5 Å². The van der Waals surface area contributed by atoms with Crippen molar-refractivity contribution in [1.29, 1.82) is 0 Å². The summed E-state index contributed by atoms with van der Waals surface area (Å²) in [4.78, 5) is 22.9. The van der Waals surface area contributed by atoms with Crippen molar-refractivity contribution in [3.63, 3.8) is 0 Å². The number of amides is 1. The maximum absolute atomic E-state index is 12.2. The third-order valence-corrected chi connectivity index (χ3v) is 6.91. The number of hydrogen-bond donors (Lipinski definition) is 4. The molecule has 0 bridgehead atoms. The predicted octanol–water partition coefficient (Wildman–Crippen LogP) is 3.89. The zero-order chi connectivity index (χ0) is 25.2. The second-order valence-electron chi connectivity index (χ2n) is 8.54. The number of carboxylic acid groups (broad SMARTS) is 1. The molecule has 4 unspecified atom stereocenters. The van der Waals surface area contributed by atoms with Gasteiger partial charge in [-0.2, -0.15) is 11.8 Å². The van der Waals surface area contributed by atoms with Gasteiger partial charge in [0.1, 0.15) is 0 Å². The van der Waals surface area contributed by atoms with Crippen LogP contribution in [0.1, 0.15) is 55.3 Å². The molecule has 0 aromatic heterocycles. The second-order valence-corrected chi connectivity index (χ2v) is 9.69. The van der Waals surface area contributed by atoms with Gasteiger partial charge in [-0.3, -0.25) is 9.59 Å². The van der Waals surface area contributed by atoms with Crippen molar-refractivity contribution in [2.45, 2.75) is 51.3 Å². The lowest BCUT2D eigenvalue weighted by Crippen LogP contribution is -2.38. The zero-order valence-electron chi connectivity index (χ0n) is 19.8. The molecule has 4 N–H and O–H groups in total. The van der Waals surface area contributed by atoms with E-state index in [1.165, 1.54) is 0 Å². The summed E-state index contributed by atoms with van der Waals surface area (Å²) >= 11 is 1.62. The molecule has 1 fully saturated rings. The van der Waals surface area contributed by atoms with Crippen molar-refractivity contribution in [2.24, 2.45) is 5.92 Å². The Bertz CT molecular complexity index is 968. The maximum Gasteiger partial charge on any atom is 0.303 e. The lowest BCUT2D eigenvalue weighted by Gasteiger charge is -2.41. The van der Waals surface area contributed by atoms with E-state index >= 15 is 0 Å². The molecule has 1 aliphatic rings. The Morgan fingerprint density at radius 2 is 1.80 bits per heavy atom. The van der Waals surface area contributed by atoms with E-state index in [-0.39, 0.29) is 56.5 Å². The predicted molar refractivity (Wildman–Crippen MR) is 134 cm³/mol. The molecule has 1 heterocycles. The summed E-state index contributed by atoms with van der Waals surface area (Å²) in [6.07, 6.45) is -0.668. The number of ether oxygens (including phenoxy) is 2. The van der Waals surface area contributed by atoms with Gasteiger partial charge in [0, 0.05) is 41.5 Å². The monoisotopic (exact) mass is 503 g/mol. The summed E-state index contributed by atoms with van der Waals surface area (Å²) in [5.74, 6) is 0.203. The number of carbonyl (C=O) groups is 2. The number of benzene rings is 2. The number of anilines is 1. The molecule has 0 radical (unpaired) electrons. The Morgan fingerprint density at radius 1 is 1.03 bits per heavy atom. The van der Waals surface area contributed by atoms with Crippen molar-refractivity contribution >= 4 is 29.3 Å². The Morgan fingerprint density at radius 3 is 2.49 bits per heavy atom. The smallest absolute Gasteiger partial charge is 0.303 e. The molecular formula is C26H33NO7S. The highest BCUT2D eigenvalue weighted by Gasteiger charge is 2.38. The van der Waals surface area contributed by atoms with Gasteiger partial charge in [-0.25, -0.2) is 0 Å². The van der Waals surface area contributed by atoms with Crippen LogP contribution >= 0.6 is 11.8 Å². The normalized spacial score (nSPS) is 22.0. The van der Waals surface area contributed by atoms with Crippen LogP contribution in [-0.4, -0.2) is 51.4 Å². The van der Waals surface area contributed by atoms with Crippen LogP contribution in [0.25, 0.3) is 0 Å². The van der Waals surface area contributed by atoms with E-state index in [0.29, 0.717) is 17.2 Å². The van der Waals surface area contributed by atoms with E-state index in [9.17, 15) is 19.8 Å². The Hall–Kier alpha value is -2.43. The van der Waals surface area contributed by atoms with E-state index < -0.39 is 12.3 Å². The number of nitrogens with one attached hydrogen (secondary N) is 1. The molecule has 1 aliphatic heterocycles. The molecule has 0 saturated carbocycles. The highest BCUT2D eigenvalue weighted by molar-refractivity contribution is 7.99. The van der Waals surface area contributed by atoms with Crippen LogP contribution in [0.4, 0.5) is 5.69 Å². The molecule has 0 spiro atoms. The first-order valence-electron chi connectivity index (χ1n) is 11.7. The van der Waals surface area contributed by atoms with Crippen LogP contribution in [0, 0.1) is 5.92 Å². The fourth-order valence-corrected chi connectivity index (χ4v) is 4.87. The van der Waals surface area contributed by atoms with Gasteiger partial charge < -0.3 is 30.1 Å². The lowest BCUT2D eigenvalue weighted by atomic mass is 9.91. The summed E-state index contributed by atoms with van der Waals surface area (Å²) in [5, 5.41) is 30.1. The third kappa shape index (κ3) is 8.05. The number of aliphatic carboxylic acids is 1. The fraction of sp³-hybridized carbons (Fsp3) is 0.462. The Balaban J connectivity index is 1.76. The number of aliphatic hydroxyl groups is 2. The molecule has 2 aromatic carbocycles. The Kier molecular flexibility index (Phi) is 10.6. The fourth-order valence-electron chi connectivity index (χ4n) is 3.96. The van der Waals surface area contributed by atoms with Crippen LogP contribution in [0.3, 0.4) is 0 Å². The van der Waals surface area contributed by atoms with Crippen molar-refractivity contribution in [3.05, 3.63) is 65.2 Å². The molecule has 1 amide bonds. The summed E-state index contributed by atoms with van der Waals surface area (Å²) in [5.41, 5.74) is 3.16. The number of carbonyl (C=O) groups excluding carboxylic acids is 1. The quantitative estimate of drug-likeness (QED) is 0.322. The van der Waals surface area contributed by atoms with Gasteiger partial charge in [0.2, 0.25) is 5.91 Å². The standard InChI is InChI=1S/C26H33NO7S/c1-17-22(16-35-13-12-28)33-26(34-25(17)19-10-8-18(15-29)9-11-19)20-4-2-5-21(14-20)27-23(30)6-3-7-24(31)32/h2,4-5,8-11,14,17,22,25-26,28-29H,3,6-7,12-13,15-16H2,1H3,(H,27,30)(H,31,32). The number of rotatable bonds is 12. The van der Waals surface area contributed by atoms with Crippen LogP contribution in [0.5, 0.6) is 0 Å². The first kappa shape index (κ1) is 27.2. The van der Waals surface area contributed by atoms with Crippen molar-refractivity contribution < 1.29 is 34.4 Å². The lowest BCUT2D eigenvalue weighted by molar-refractivity contribution is -0.268.